The summed E-state index contributed by atoms with van der Waals surface area (Å²) in [4.78, 5) is 0. The summed E-state index contributed by atoms with van der Waals surface area (Å²) in [7, 11) is 0. The fourth-order valence-electron chi connectivity index (χ4n) is 8.18. The quantitative estimate of drug-likeness (QED) is 0.0301. The zero-order valence-electron chi connectivity index (χ0n) is 36.0. The van der Waals surface area contributed by atoms with Crippen molar-refractivity contribution in [2.75, 3.05) is 0 Å². The largest absolute Gasteiger partial charge is 0.493 e. The minimum Gasteiger partial charge on any atom is -0.493 e. The van der Waals surface area contributed by atoms with Crippen LogP contribution in [-0.2, 0) is 6.42 Å². The molecule has 0 aliphatic carbocycles. The molecule has 2 heteroatoms. The van der Waals surface area contributed by atoms with Crippen LogP contribution in [-0.4, -0.2) is 4.70 Å². The molecule has 1 aliphatic rings. The Morgan fingerprint density at radius 2 is 1.05 bits per heavy atom. The van der Waals surface area contributed by atoms with Crippen LogP contribution in [0, 0.1) is 11.8 Å². The van der Waals surface area contributed by atoms with Gasteiger partial charge in [0.1, 0.15) is 0 Å². The Kier molecular flexibility index (Phi) is 26.0. The van der Waals surface area contributed by atoms with Crippen LogP contribution in [0.15, 0.2) is 72.3 Å². The highest BCUT2D eigenvalue weighted by molar-refractivity contribution is 5.79. The summed E-state index contributed by atoms with van der Waals surface area (Å²) < 4.78 is 1.43. The number of rotatable bonds is 33. The molecule has 0 N–H and O–H groups in total. The first-order chi connectivity index (χ1) is 27.2. The zero-order valence-corrected chi connectivity index (χ0v) is 36.0. The third-order valence-electron chi connectivity index (χ3n) is 11.5. The van der Waals surface area contributed by atoms with Crippen LogP contribution in [0.2, 0.25) is 0 Å². The fourth-order valence-corrected chi connectivity index (χ4v) is 8.18. The van der Waals surface area contributed by atoms with Crippen LogP contribution in [0.5, 0.6) is 0 Å². The van der Waals surface area contributed by atoms with E-state index in [2.05, 4.69) is 80.3 Å². The Bertz CT molecular complexity index is 1480. The maximum Gasteiger partial charge on any atom is 0.210 e. The molecular formula is C53H80N2. The van der Waals surface area contributed by atoms with Crippen LogP contribution in [0.25, 0.3) is 16.9 Å². The number of benzene rings is 2. The van der Waals surface area contributed by atoms with Gasteiger partial charge in [0, 0.05) is 28.3 Å². The van der Waals surface area contributed by atoms with Gasteiger partial charge in [0.2, 0.25) is 11.4 Å². The number of allylic oxidation sites excluding steroid dienone is 4. The van der Waals surface area contributed by atoms with E-state index >= 15 is 0 Å². The minimum absolute atomic E-state index is 0.882. The lowest BCUT2D eigenvalue weighted by atomic mass is 9.99. The number of nitrogens with zero attached hydrogens (tertiary/aromatic N) is 2. The van der Waals surface area contributed by atoms with E-state index in [4.69, 9.17) is 0 Å². The molecule has 0 spiro atoms. The summed E-state index contributed by atoms with van der Waals surface area (Å²) in [6.45, 7) is 6.39. The van der Waals surface area contributed by atoms with E-state index in [0.717, 1.165) is 60.2 Å². The van der Waals surface area contributed by atoms with Crippen molar-refractivity contribution in [3.63, 3.8) is 0 Å². The molecule has 0 fully saturated rings. The van der Waals surface area contributed by atoms with Gasteiger partial charge in [-0.3, -0.25) is 0 Å². The zero-order chi connectivity index (χ0) is 39.0. The highest BCUT2D eigenvalue weighted by Gasteiger charge is 2.29. The molecule has 1 heterocycles. The summed E-state index contributed by atoms with van der Waals surface area (Å²) in [5.41, 5.74) is 19.0. The Balaban J connectivity index is 1.19. The van der Waals surface area contributed by atoms with Crippen LogP contribution >= 0.6 is 0 Å². The van der Waals surface area contributed by atoms with E-state index in [1.807, 2.05) is 19.1 Å². The van der Waals surface area contributed by atoms with Crippen molar-refractivity contribution in [2.45, 2.75) is 213 Å². The Hall–Kier alpha value is -3.18. The second kappa shape index (κ2) is 31.0. The maximum absolute atomic E-state index is 11.6. The lowest BCUT2D eigenvalue weighted by Crippen LogP contribution is -2.04. The van der Waals surface area contributed by atoms with Gasteiger partial charge in [-0.2, -0.15) is 0 Å². The first-order valence-corrected chi connectivity index (χ1v) is 23.4. The summed E-state index contributed by atoms with van der Waals surface area (Å²) in [6.07, 6.45) is 47.8. The number of unbranched alkanes of at least 4 members (excludes halogenated alkanes) is 25. The molecule has 0 unspecified atom stereocenters. The Labute approximate surface area is 340 Å². The van der Waals surface area contributed by atoms with Crippen molar-refractivity contribution in [2.24, 2.45) is 0 Å². The molecule has 2 nitrogen and oxygen atoms in total. The van der Waals surface area contributed by atoms with Gasteiger partial charge >= 0.3 is 0 Å². The first kappa shape index (κ1) is 46.2. The molecule has 1 aliphatic heterocycles. The van der Waals surface area contributed by atoms with Crippen LogP contribution in [0.3, 0.4) is 0 Å². The monoisotopic (exact) mass is 745 g/mol. The molecule has 0 radical (unpaired) electrons. The van der Waals surface area contributed by atoms with Gasteiger partial charge < -0.3 is 5.53 Å². The molecule has 0 amide bonds. The van der Waals surface area contributed by atoms with Gasteiger partial charge in [-0.05, 0) is 75.3 Å². The first-order valence-electron chi connectivity index (χ1n) is 23.4. The number of aryl methyl sites for hydroxylation is 1. The van der Waals surface area contributed by atoms with E-state index in [9.17, 15) is 5.53 Å². The Morgan fingerprint density at radius 1 is 0.545 bits per heavy atom. The highest BCUT2D eigenvalue weighted by Crippen LogP contribution is 2.38. The van der Waals surface area contributed by atoms with Gasteiger partial charge in [-0.1, -0.05) is 210 Å². The van der Waals surface area contributed by atoms with Crippen molar-refractivity contribution in [1.82, 2.24) is 0 Å². The smallest absolute Gasteiger partial charge is 0.210 e. The van der Waals surface area contributed by atoms with Crippen molar-refractivity contribution in [1.29, 1.82) is 0 Å². The molecule has 0 saturated heterocycles. The topological polar surface area (TPSA) is 25.3 Å². The van der Waals surface area contributed by atoms with Gasteiger partial charge in [-0.15, -0.1) is 5.92 Å². The predicted molar refractivity (Wildman–Crippen MR) is 242 cm³/mol. The fraction of sp³-hybridized carbons (Fsp3) is 0.623. The van der Waals surface area contributed by atoms with Crippen molar-refractivity contribution >= 4 is 11.4 Å². The minimum atomic E-state index is 0.882. The number of hydrogen-bond acceptors (Lipinski definition) is 0. The van der Waals surface area contributed by atoms with Gasteiger partial charge in [0.25, 0.3) is 0 Å². The summed E-state index contributed by atoms with van der Waals surface area (Å²) in [5, 5.41) is 0. The third kappa shape index (κ3) is 19.5. The lowest BCUT2D eigenvalue weighted by Gasteiger charge is -2.12. The summed E-state index contributed by atoms with van der Waals surface area (Å²) in [5.74, 6) is 6.18. The third-order valence-corrected chi connectivity index (χ3v) is 11.5. The van der Waals surface area contributed by atoms with E-state index in [0.29, 0.717) is 0 Å². The van der Waals surface area contributed by atoms with Crippen LogP contribution in [0.4, 0.5) is 0 Å². The van der Waals surface area contributed by atoms with Gasteiger partial charge in [0.15, 0.2) is 0 Å². The van der Waals surface area contributed by atoms with Crippen LogP contribution in [0.1, 0.15) is 229 Å². The van der Waals surface area contributed by atoms with E-state index < -0.39 is 0 Å². The SMILES string of the molecule is CC#Cc1cccc(C2=C(CCCC)C=C(c3ccccc3CCC=CCCCCCCCCCCCCCCCCCCCCCCCCCC)[N+]2=[N-])c1. The van der Waals surface area contributed by atoms with Crippen molar-refractivity contribution in [3.8, 4) is 11.8 Å². The van der Waals surface area contributed by atoms with E-state index in [-0.39, 0.29) is 0 Å². The molecule has 55 heavy (non-hydrogen) atoms. The molecule has 2 aromatic rings. The molecule has 0 bridgehead atoms. The van der Waals surface area contributed by atoms with Crippen molar-refractivity contribution < 1.29 is 4.70 Å². The molecular weight excluding hydrogens is 665 g/mol. The molecule has 302 valence electrons. The van der Waals surface area contributed by atoms with E-state index in [1.54, 1.807) is 0 Å². The molecule has 0 atom stereocenters. The summed E-state index contributed by atoms with van der Waals surface area (Å²) in [6, 6.07) is 16.8. The molecule has 2 aromatic carbocycles. The number of hydrogen-bond donors (Lipinski definition) is 0. The van der Waals surface area contributed by atoms with Gasteiger partial charge in [0.05, 0.1) is 0 Å². The standard InChI is InChI=1S/C53H80N2/c1-4-7-9-10-11-12-13-14-15-16-17-18-19-20-21-22-23-24-25-26-27-28-29-30-31-32-33-34-41-48-42-35-36-44-51(48)52-46-50(40-8-5-2)53(55(52)54)49-43-37-39-47(45-49)38-6-3/h32-33,35-37,39,42-46H,4-5,7-31,34,40-41H2,1-3H3. The molecule has 3 rings (SSSR count). The second-order valence-corrected chi connectivity index (χ2v) is 16.4. The second-order valence-electron chi connectivity index (χ2n) is 16.4. The van der Waals surface area contributed by atoms with Gasteiger partial charge in [-0.25, -0.2) is 4.70 Å². The van der Waals surface area contributed by atoms with E-state index in [1.165, 1.54) is 176 Å². The molecule has 0 saturated carbocycles. The molecule has 0 aromatic heterocycles. The average molecular weight is 745 g/mol. The van der Waals surface area contributed by atoms with Crippen molar-refractivity contribution in [3.05, 3.63) is 100 Å². The average Bonchev–Trinajstić information content (AvgIpc) is 3.53. The van der Waals surface area contributed by atoms with Crippen LogP contribution < -0.4 is 0 Å². The highest BCUT2D eigenvalue weighted by atomic mass is 15.2. The normalized spacial score (nSPS) is 12.9. The predicted octanol–water partition coefficient (Wildman–Crippen LogP) is 17.3. The lowest BCUT2D eigenvalue weighted by molar-refractivity contribution is -0.344. The Morgan fingerprint density at radius 3 is 1.60 bits per heavy atom. The summed E-state index contributed by atoms with van der Waals surface area (Å²) >= 11 is 0. The maximum atomic E-state index is 11.6.